The van der Waals surface area contributed by atoms with Crippen LogP contribution in [0.4, 0.5) is 0 Å². The number of sulfonamides is 1. The first-order valence-corrected chi connectivity index (χ1v) is 13.2. The Morgan fingerprint density at radius 2 is 1.59 bits per heavy atom. The molecule has 2 aliphatic rings. The molecule has 2 atom stereocenters. The van der Waals surface area contributed by atoms with Crippen LogP contribution in [-0.2, 0) is 32.6 Å². The minimum atomic E-state index is -3.64. The Morgan fingerprint density at radius 1 is 0.971 bits per heavy atom. The summed E-state index contributed by atoms with van der Waals surface area (Å²) in [4.78, 5) is 15.3. The van der Waals surface area contributed by atoms with Gasteiger partial charge in [-0.2, -0.15) is 4.31 Å². The molecule has 2 aromatic carbocycles. The van der Waals surface area contributed by atoms with Crippen LogP contribution in [0, 0.1) is 0 Å². The number of hydrogen-bond acceptors (Lipinski definition) is 6. The number of rotatable bonds is 7. The molecule has 0 saturated carbocycles. The third kappa shape index (κ3) is 6.03. The second kappa shape index (κ2) is 11.0. The molecule has 0 radical (unpaired) electrons. The summed E-state index contributed by atoms with van der Waals surface area (Å²) in [6.45, 7) is 8.88. The third-order valence-electron chi connectivity index (χ3n) is 6.20. The average molecular weight is 488 g/mol. The van der Waals surface area contributed by atoms with Crippen LogP contribution in [0.5, 0.6) is 0 Å². The SMILES string of the molecule is C[C@H]1CN(S(=O)(=O)c2ccc(C(=O)NCc3ccccc3CN3CCOCC3)cc2)C[C@H](C)O1. The normalized spacial score (nSPS) is 22.4. The Bertz CT molecular complexity index is 1070. The molecular weight excluding hydrogens is 454 g/mol. The van der Waals surface area contributed by atoms with E-state index in [2.05, 4.69) is 16.3 Å². The summed E-state index contributed by atoms with van der Waals surface area (Å²) in [7, 11) is -3.64. The van der Waals surface area contributed by atoms with Gasteiger partial charge in [0, 0.05) is 44.8 Å². The summed E-state index contributed by atoms with van der Waals surface area (Å²) in [6, 6.07) is 14.2. The fourth-order valence-electron chi connectivity index (χ4n) is 4.42. The zero-order chi connectivity index (χ0) is 24.1. The highest BCUT2D eigenvalue weighted by Crippen LogP contribution is 2.21. The van der Waals surface area contributed by atoms with Crippen LogP contribution in [0.15, 0.2) is 53.4 Å². The molecule has 34 heavy (non-hydrogen) atoms. The number of hydrogen-bond donors (Lipinski definition) is 1. The molecule has 4 rings (SSSR count). The first-order valence-electron chi connectivity index (χ1n) is 11.7. The molecular formula is C25H33N3O5S. The maximum atomic E-state index is 13.0. The first-order chi connectivity index (χ1) is 16.3. The van der Waals surface area contributed by atoms with Gasteiger partial charge in [0.25, 0.3) is 5.91 Å². The minimum Gasteiger partial charge on any atom is -0.379 e. The highest BCUT2D eigenvalue weighted by molar-refractivity contribution is 7.89. The van der Waals surface area contributed by atoms with Gasteiger partial charge in [0.1, 0.15) is 0 Å². The van der Waals surface area contributed by atoms with Crippen molar-refractivity contribution >= 4 is 15.9 Å². The Balaban J connectivity index is 1.38. The van der Waals surface area contributed by atoms with Crippen LogP contribution in [0.2, 0.25) is 0 Å². The van der Waals surface area contributed by atoms with Crippen molar-refractivity contribution in [3.05, 3.63) is 65.2 Å². The van der Waals surface area contributed by atoms with Crippen molar-refractivity contribution in [2.45, 2.75) is 44.0 Å². The molecule has 2 saturated heterocycles. The van der Waals surface area contributed by atoms with Crippen molar-refractivity contribution in [2.75, 3.05) is 39.4 Å². The van der Waals surface area contributed by atoms with E-state index in [4.69, 9.17) is 9.47 Å². The van der Waals surface area contributed by atoms with Gasteiger partial charge in [-0.15, -0.1) is 0 Å². The molecule has 0 aromatic heterocycles. The number of ether oxygens (including phenoxy) is 2. The number of carbonyl (C=O) groups excluding carboxylic acids is 1. The fourth-order valence-corrected chi connectivity index (χ4v) is 6.01. The molecule has 184 valence electrons. The summed E-state index contributed by atoms with van der Waals surface area (Å²) in [5, 5.41) is 2.97. The summed E-state index contributed by atoms with van der Waals surface area (Å²) in [5.41, 5.74) is 2.67. The van der Waals surface area contributed by atoms with Gasteiger partial charge < -0.3 is 14.8 Å². The van der Waals surface area contributed by atoms with E-state index in [1.165, 1.54) is 22.0 Å². The molecule has 9 heteroatoms. The monoisotopic (exact) mass is 487 g/mol. The van der Waals surface area contributed by atoms with Gasteiger partial charge in [-0.05, 0) is 49.2 Å². The number of amides is 1. The maximum Gasteiger partial charge on any atom is 0.251 e. The lowest BCUT2D eigenvalue weighted by molar-refractivity contribution is -0.0440. The number of nitrogens with zero attached hydrogens (tertiary/aromatic N) is 2. The number of nitrogens with one attached hydrogen (secondary N) is 1. The summed E-state index contributed by atoms with van der Waals surface area (Å²) >= 11 is 0. The van der Waals surface area contributed by atoms with E-state index in [0.717, 1.165) is 38.4 Å². The van der Waals surface area contributed by atoms with Crippen LogP contribution in [-0.4, -0.2) is 75.1 Å². The number of benzene rings is 2. The van der Waals surface area contributed by atoms with Crippen molar-refractivity contribution in [3.8, 4) is 0 Å². The van der Waals surface area contributed by atoms with Gasteiger partial charge >= 0.3 is 0 Å². The van der Waals surface area contributed by atoms with Crippen molar-refractivity contribution in [3.63, 3.8) is 0 Å². The quantitative estimate of drug-likeness (QED) is 0.645. The van der Waals surface area contributed by atoms with E-state index < -0.39 is 10.0 Å². The van der Waals surface area contributed by atoms with Crippen molar-refractivity contribution in [2.24, 2.45) is 0 Å². The Hall–Kier alpha value is -2.30. The highest BCUT2D eigenvalue weighted by Gasteiger charge is 2.32. The van der Waals surface area contributed by atoms with Crippen LogP contribution in [0.25, 0.3) is 0 Å². The van der Waals surface area contributed by atoms with Crippen LogP contribution < -0.4 is 5.32 Å². The average Bonchev–Trinajstić information content (AvgIpc) is 2.83. The zero-order valence-corrected chi connectivity index (χ0v) is 20.6. The Labute approximate surface area is 201 Å². The number of carbonyl (C=O) groups is 1. The Morgan fingerprint density at radius 3 is 2.24 bits per heavy atom. The summed E-state index contributed by atoms with van der Waals surface area (Å²) in [5.74, 6) is -0.237. The van der Waals surface area contributed by atoms with Gasteiger partial charge in [0.2, 0.25) is 10.0 Å². The van der Waals surface area contributed by atoms with Crippen LogP contribution in [0.1, 0.15) is 35.3 Å². The van der Waals surface area contributed by atoms with Gasteiger partial charge in [-0.1, -0.05) is 24.3 Å². The fraction of sp³-hybridized carbons (Fsp3) is 0.480. The van der Waals surface area contributed by atoms with Crippen molar-refractivity contribution in [1.29, 1.82) is 0 Å². The van der Waals surface area contributed by atoms with Gasteiger partial charge in [0.05, 0.1) is 30.3 Å². The van der Waals surface area contributed by atoms with Crippen LogP contribution >= 0.6 is 0 Å². The summed E-state index contributed by atoms with van der Waals surface area (Å²) in [6.07, 6.45) is -0.315. The lowest BCUT2D eigenvalue weighted by Gasteiger charge is -2.34. The molecule has 2 heterocycles. The van der Waals surface area contributed by atoms with E-state index in [-0.39, 0.29) is 23.0 Å². The molecule has 0 bridgehead atoms. The predicted octanol–water partition coefficient (Wildman–Crippen LogP) is 2.25. The smallest absolute Gasteiger partial charge is 0.251 e. The molecule has 2 fully saturated rings. The second-order valence-electron chi connectivity index (χ2n) is 8.94. The molecule has 1 amide bonds. The molecule has 2 aromatic rings. The zero-order valence-electron chi connectivity index (χ0n) is 19.8. The largest absolute Gasteiger partial charge is 0.379 e. The lowest BCUT2D eigenvalue weighted by Crippen LogP contribution is -2.48. The minimum absolute atomic E-state index is 0.158. The predicted molar refractivity (Wildman–Crippen MR) is 129 cm³/mol. The van der Waals surface area contributed by atoms with E-state index in [1.54, 1.807) is 12.1 Å². The molecule has 1 N–H and O–H groups in total. The third-order valence-corrected chi connectivity index (χ3v) is 8.04. The summed E-state index contributed by atoms with van der Waals surface area (Å²) < 4.78 is 38.6. The van der Waals surface area contributed by atoms with Gasteiger partial charge in [-0.3, -0.25) is 9.69 Å². The van der Waals surface area contributed by atoms with Gasteiger partial charge in [0.15, 0.2) is 0 Å². The molecule has 0 unspecified atom stereocenters. The second-order valence-corrected chi connectivity index (χ2v) is 10.9. The standard InChI is InChI=1S/C25H33N3O5S/c1-19-16-28(17-20(2)33-19)34(30,31)24-9-7-21(8-10-24)25(29)26-15-22-5-3-4-6-23(22)18-27-11-13-32-14-12-27/h3-10,19-20H,11-18H2,1-2H3,(H,26,29)/t19-,20-/m0/s1. The molecule has 8 nitrogen and oxygen atoms in total. The Kier molecular flexibility index (Phi) is 8.00. The maximum absolute atomic E-state index is 13.0. The first kappa shape index (κ1) is 24.8. The molecule has 0 aliphatic carbocycles. The van der Waals surface area contributed by atoms with E-state index in [1.807, 2.05) is 32.0 Å². The lowest BCUT2D eigenvalue weighted by atomic mass is 10.1. The van der Waals surface area contributed by atoms with Crippen molar-refractivity contribution < 1.29 is 22.7 Å². The molecule has 0 spiro atoms. The van der Waals surface area contributed by atoms with E-state index >= 15 is 0 Å². The van der Waals surface area contributed by atoms with Gasteiger partial charge in [-0.25, -0.2) is 8.42 Å². The van der Waals surface area contributed by atoms with Crippen molar-refractivity contribution in [1.82, 2.24) is 14.5 Å². The van der Waals surface area contributed by atoms with E-state index in [9.17, 15) is 13.2 Å². The number of morpholine rings is 2. The highest BCUT2D eigenvalue weighted by atomic mass is 32.2. The van der Waals surface area contributed by atoms with E-state index in [0.29, 0.717) is 25.2 Å². The molecule has 2 aliphatic heterocycles. The topological polar surface area (TPSA) is 88.2 Å². The van der Waals surface area contributed by atoms with Crippen LogP contribution in [0.3, 0.4) is 0 Å².